The standard InChI is InChI=1S/C15H10ClNO3/c1-20-9-6-7-13(12(16)8-9)17-14(18)10-4-2-3-5-11(10)15(17)19/h2-8H,1H3. The quantitative estimate of drug-likeness (QED) is 0.797. The molecule has 4 nitrogen and oxygen atoms in total. The summed E-state index contributed by atoms with van der Waals surface area (Å²) in [5, 5.41) is 0.291. The Hall–Kier alpha value is -2.33. The van der Waals surface area contributed by atoms with Gasteiger partial charge < -0.3 is 4.74 Å². The smallest absolute Gasteiger partial charge is 0.266 e. The number of methoxy groups -OCH3 is 1. The molecule has 1 aliphatic heterocycles. The first-order valence-electron chi connectivity index (χ1n) is 5.95. The predicted molar refractivity (Wildman–Crippen MR) is 75.6 cm³/mol. The summed E-state index contributed by atoms with van der Waals surface area (Å²) in [6.07, 6.45) is 0. The van der Waals surface area contributed by atoms with Crippen LogP contribution in [0.3, 0.4) is 0 Å². The minimum absolute atomic E-state index is 0.291. The van der Waals surface area contributed by atoms with Gasteiger partial charge in [0.05, 0.1) is 28.9 Å². The van der Waals surface area contributed by atoms with Crippen molar-refractivity contribution in [2.24, 2.45) is 0 Å². The molecule has 20 heavy (non-hydrogen) atoms. The van der Waals surface area contributed by atoms with E-state index in [4.69, 9.17) is 16.3 Å². The summed E-state index contributed by atoms with van der Waals surface area (Å²) in [6.45, 7) is 0. The zero-order chi connectivity index (χ0) is 14.3. The fraction of sp³-hybridized carbons (Fsp3) is 0.0667. The number of nitrogens with zero attached hydrogens (tertiary/aromatic N) is 1. The van der Waals surface area contributed by atoms with E-state index in [2.05, 4.69) is 0 Å². The van der Waals surface area contributed by atoms with E-state index in [9.17, 15) is 9.59 Å². The van der Waals surface area contributed by atoms with Gasteiger partial charge >= 0.3 is 0 Å². The lowest BCUT2D eigenvalue weighted by Gasteiger charge is -2.16. The van der Waals surface area contributed by atoms with Gasteiger partial charge in [0.15, 0.2) is 0 Å². The SMILES string of the molecule is COc1ccc(N2C(=O)c3ccccc3C2=O)c(Cl)c1. The fourth-order valence-corrected chi connectivity index (χ4v) is 2.46. The Balaban J connectivity index is 2.09. The Kier molecular flexibility index (Phi) is 2.95. The van der Waals surface area contributed by atoms with Crippen molar-refractivity contribution in [1.82, 2.24) is 0 Å². The van der Waals surface area contributed by atoms with Gasteiger partial charge in [-0.15, -0.1) is 0 Å². The van der Waals surface area contributed by atoms with Crippen LogP contribution in [0, 0.1) is 0 Å². The van der Waals surface area contributed by atoms with Crippen molar-refractivity contribution in [3.63, 3.8) is 0 Å². The van der Waals surface area contributed by atoms with Crippen LogP contribution in [-0.2, 0) is 0 Å². The number of imide groups is 1. The number of halogens is 1. The van der Waals surface area contributed by atoms with E-state index in [-0.39, 0.29) is 11.8 Å². The Labute approximate surface area is 120 Å². The second-order valence-electron chi connectivity index (χ2n) is 4.31. The summed E-state index contributed by atoms with van der Waals surface area (Å²) in [4.78, 5) is 25.7. The van der Waals surface area contributed by atoms with E-state index in [1.54, 1.807) is 42.5 Å². The van der Waals surface area contributed by atoms with Crippen molar-refractivity contribution in [2.75, 3.05) is 12.0 Å². The third kappa shape index (κ3) is 1.77. The molecule has 2 amide bonds. The molecule has 0 spiro atoms. The van der Waals surface area contributed by atoms with Crippen LogP contribution in [0.4, 0.5) is 5.69 Å². The molecule has 2 aromatic rings. The highest BCUT2D eigenvalue weighted by Crippen LogP contribution is 2.35. The third-order valence-corrected chi connectivity index (χ3v) is 3.49. The number of rotatable bonds is 2. The number of anilines is 1. The maximum absolute atomic E-state index is 12.3. The van der Waals surface area contributed by atoms with Crippen molar-refractivity contribution in [3.8, 4) is 5.75 Å². The average molecular weight is 288 g/mol. The van der Waals surface area contributed by atoms with Gasteiger partial charge in [0, 0.05) is 6.07 Å². The monoisotopic (exact) mass is 287 g/mol. The average Bonchev–Trinajstić information content (AvgIpc) is 2.72. The molecule has 0 aromatic heterocycles. The lowest BCUT2D eigenvalue weighted by atomic mass is 10.1. The Morgan fingerprint density at radius 2 is 1.60 bits per heavy atom. The van der Waals surface area contributed by atoms with Gasteiger partial charge in [0.1, 0.15) is 5.75 Å². The number of hydrogen-bond donors (Lipinski definition) is 0. The third-order valence-electron chi connectivity index (χ3n) is 3.19. The van der Waals surface area contributed by atoms with Crippen molar-refractivity contribution < 1.29 is 14.3 Å². The van der Waals surface area contributed by atoms with Crippen molar-refractivity contribution >= 4 is 29.1 Å². The molecule has 0 aliphatic carbocycles. The van der Waals surface area contributed by atoms with Crippen LogP contribution >= 0.6 is 11.6 Å². The summed E-state index contributed by atoms with van der Waals surface area (Å²) in [5.41, 5.74) is 1.15. The highest BCUT2D eigenvalue weighted by Gasteiger charge is 2.37. The molecule has 0 saturated carbocycles. The molecule has 0 fully saturated rings. The maximum Gasteiger partial charge on any atom is 0.266 e. The maximum atomic E-state index is 12.3. The van der Waals surface area contributed by atoms with Crippen LogP contribution in [-0.4, -0.2) is 18.9 Å². The Morgan fingerprint density at radius 3 is 2.10 bits per heavy atom. The minimum Gasteiger partial charge on any atom is -0.497 e. The number of carbonyl (C=O) groups excluding carboxylic acids is 2. The summed E-state index contributed by atoms with van der Waals surface area (Å²) >= 11 is 6.14. The zero-order valence-corrected chi connectivity index (χ0v) is 11.3. The van der Waals surface area contributed by atoms with Crippen LogP contribution in [0.1, 0.15) is 20.7 Å². The number of fused-ring (bicyclic) bond motifs is 1. The molecule has 0 bridgehead atoms. The van der Waals surface area contributed by atoms with Gasteiger partial charge in [-0.3, -0.25) is 9.59 Å². The largest absolute Gasteiger partial charge is 0.497 e. The molecule has 3 rings (SSSR count). The first-order valence-corrected chi connectivity index (χ1v) is 6.32. The normalized spacial score (nSPS) is 13.6. The van der Waals surface area contributed by atoms with Gasteiger partial charge in [-0.05, 0) is 24.3 Å². The van der Waals surface area contributed by atoms with Crippen molar-refractivity contribution in [1.29, 1.82) is 0 Å². The topological polar surface area (TPSA) is 46.6 Å². The molecule has 0 atom stereocenters. The lowest BCUT2D eigenvalue weighted by molar-refractivity contribution is 0.0926. The molecular formula is C15H10ClNO3. The second kappa shape index (κ2) is 4.65. The number of hydrogen-bond acceptors (Lipinski definition) is 3. The summed E-state index contributed by atoms with van der Waals surface area (Å²) < 4.78 is 5.06. The first kappa shape index (κ1) is 12.7. The first-order chi connectivity index (χ1) is 9.63. The van der Waals surface area contributed by atoms with E-state index >= 15 is 0 Å². The molecule has 100 valence electrons. The van der Waals surface area contributed by atoms with Crippen LogP contribution in [0.25, 0.3) is 0 Å². The summed E-state index contributed by atoms with van der Waals surface area (Å²) in [6, 6.07) is 11.5. The van der Waals surface area contributed by atoms with E-state index in [1.807, 2.05) is 0 Å². The van der Waals surface area contributed by atoms with Crippen molar-refractivity contribution in [2.45, 2.75) is 0 Å². The van der Waals surface area contributed by atoms with Gasteiger partial charge in [-0.2, -0.15) is 0 Å². The molecule has 5 heteroatoms. The van der Waals surface area contributed by atoms with Gasteiger partial charge in [0.25, 0.3) is 11.8 Å². The number of benzene rings is 2. The van der Waals surface area contributed by atoms with Gasteiger partial charge in [-0.1, -0.05) is 23.7 Å². The molecule has 1 aliphatic rings. The van der Waals surface area contributed by atoms with E-state index in [0.29, 0.717) is 27.6 Å². The highest BCUT2D eigenvalue weighted by atomic mass is 35.5. The molecule has 0 N–H and O–H groups in total. The molecule has 0 unspecified atom stereocenters. The molecule has 0 radical (unpaired) electrons. The highest BCUT2D eigenvalue weighted by molar-refractivity contribution is 6.39. The van der Waals surface area contributed by atoms with Crippen LogP contribution in [0.15, 0.2) is 42.5 Å². The van der Waals surface area contributed by atoms with E-state index in [0.717, 1.165) is 4.90 Å². The zero-order valence-electron chi connectivity index (χ0n) is 10.6. The summed E-state index contributed by atoms with van der Waals surface area (Å²) in [5.74, 6) is -0.161. The predicted octanol–water partition coefficient (Wildman–Crippen LogP) is 3.15. The van der Waals surface area contributed by atoms with E-state index < -0.39 is 0 Å². The lowest BCUT2D eigenvalue weighted by Crippen LogP contribution is -2.29. The molecular weight excluding hydrogens is 278 g/mol. The van der Waals surface area contributed by atoms with Crippen LogP contribution < -0.4 is 9.64 Å². The van der Waals surface area contributed by atoms with Crippen LogP contribution in [0.2, 0.25) is 5.02 Å². The molecule has 2 aromatic carbocycles. The molecule has 1 heterocycles. The second-order valence-corrected chi connectivity index (χ2v) is 4.72. The van der Waals surface area contributed by atoms with E-state index in [1.165, 1.54) is 7.11 Å². The summed E-state index contributed by atoms with van der Waals surface area (Å²) in [7, 11) is 1.52. The number of ether oxygens (including phenoxy) is 1. The molecule has 0 saturated heterocycles. The van der Waals surface area contributed by atoms with Crippen LogP contribution in [0.5, 0.6) is 5.75 Å². The Morgan fingerprint density at radius 1 is 1.00 bits per heavy atom. The van der Waals surface area contributed by atoms with Crippen molar-refractivity contribution in [3.05, 3.63) is 58.6 Å². The number of carbonyl (C=O) groups is 2. The minimum atomic E-state index is -0.363. The van der Waals surface area contributed by atoms with Gasteiger partial charge in [-0.25, -0.2) is 4.90 Å². The Bertz CT molecular complexity index is 692. The number of amides is 2. The van der Waals surface area contributed by atoms with Gasteiger partial charge in [0.2, 0.25) is 0 Å². The fourth-order valence-electron chi connectivity index (χ4n) is 2.20.